The lowest BCUT2D eigenvalue weighted by molar-refractivity contribution is -0.689. The van der Waals surface area contributed by atoms with E-state index in [1.165, 1.54) is 24.3 Å². The number of aromatic hydroxyl groups is 1. The molecule has 0 unspecified atom stereocenters. The molecule has 100 heavy (non-hydrogen) atoms. The number of ketones is 1. The molecule has 8 N–H and O–H groups in total. The highest BCUT2D eigenvalue weighted by molar-refractivity contribution is 7.91. The van der Waals surface area contributed by atoms with Gasteiger partial charge < -0.3 is 35.0 Å². The lowest BCUT2D eigenvalue weighted by atomic mass is 9.78. The number of nitrogens with zero attached hydrogens (tertiary/aromatic N) is 4. The Labute approximate surface area is 581 Å². The average Bonchev–Trinajstić information content (AvgIpc) is 0.706. The van der Waals surface area contributed by atoms with Gasteiger partial charge in [-0.1, -0.05) is 68.6 Å². The molecular formula is C73H77B2N6O16S3+4. The van der Waals surface area contributed by atoms with Crippen LogP contribution in [-0.4, -0.2) is 107 Å². The summed E-state index contributed by atoms with van der Waals surface area (Å²) >= 11 is 0. The van der Waals surface area contributed by atoms with Crippen molar-refractivity contribution in [3.8, 4) is 22.6 Å². The van der Waals surface area contributed by atoms with Crippen LogP contribution in [0.15, 0.2) is 211 Å². The van der Waals surface area contributed by atoms with Crippen LogP contribution in [0.25, 0.3) is 55.6 Å². The number of hydrogen-bond acceptors (Lipinski definition) is 14. The number of nitrogens with one attached hydrogen (secondary N) is 2. The van der Waals surface area contributed by atoms with Crippen LogP contribution < -0.4 is 37.8 Å². The number of aliphatic carboxylic acids is 2. The van der Waals surface area contributed by atoms with Crippen molar-refractivity contribution in [3.63, 3.8) is 0 Å². The zero-order valence-corrected chi connectivity index (χ0v) is 57.4. The predicted octanol–water partition coefficient (Wildman–Crippen LogP) is 6.62. The fraction of sp³-hybridized carbons (Fsp3) is 0.219. The van der Waals surface area contributed by atoms with E-state index >= 15 is 0 Å². The molecule has 0 fully saturated rings. The number of unbranched alkanes of at least 4 members (excludes halogenated alkanes) is 2. The van der Waals surface area contributed by atoms with Crippen molar-refractivity contribution in [2.24, 2.45) is 0 Å². The Hall–Kier alpha value is -9.83. The Morgan fingerprint density at radius 3 is 1.32 bits per heavy atom. The van der Waals surface area contributed by atoms with Crippen molar-refractivity contribution in [1.29, 1.82) is 0 Å². The maximum Gasteiger partial charge on any atom is 0.569 e. The molecule has 1 radical (unpaired) electrons. The van der Waals surface area contributed by atoms with Gasteiger partial charge in [0.25, 0.3) is 0 Å². The highest BCUT2D eigenvalue weighted by Crippen LogP contribution is 2.45. The largest absolute Gasteiger partial charge is 0.569 e. The van der Waals surface area contributed by atoms with Gasteiger partial charge in [-0.05, 0) is 108 Å². The molecule has 0 aliphatic carbocycles. The molecule has 4 heterocycles. The van der Waals surface area contributed by atoms with Crippen LogP contribution in [0.5, 0.6) is 11.5 Å². The maximum atomic E-state index is 13.7. The molecule has 6 aromatic carbocycles. The van der Waals surface area contributed by atoms with E-state index in [-0.39, 0.29) is 100 Å². The maximum absolute atomic E-state index is 13.7. The number of phenols is 1. The molecule has 0 aliphatic rings. The molecule has 0 atom stereocenters. The lowest BCUT2D eigenvalue weighted by Crippen LogP contribution is -2.37. The number of carboxylic acid groups (broad SMARTS) is 2. The van der Waals surface area contributed by atoms with Crippen LogP contribution in [0, 0.1) is 0 Å². The van der Waals surface area contributed by atoms with E-state index in [0.29, 0.717) is 63.5 Å². The second kappa shape index (κ2) is 33.4. The summed E-state index contributed by atoms with van der Waals surface area (Å²) < 4.78 is 100. The molecule has 0 amide bonds. The minimum atomic E-state index is -4.50. The molecule has 0 saturated heterocycles. The number of hydrogen-bond donors (Lipinski definition) is 8. The van der Waals surface area contributed by atoms with Crippen molar-refractivity contribution in [1.82, 2.24) is 9.44 Å². The summed E-state index contributed by atoms with van der Waals surface area (Å²) in [5.74, 6) is -2.58. The average molecular weight is 1410 g/mol. The lowest BCUT2D eigenvalue weighted by Gasteiger charge is -2.20. The van der Waals surface area contributed by atoms with Gasteiger partial charge in [0.2, 0.25) is 20.0 Å². The molecule has 0 spiro atoms. The number of allylic oxidation sites excluding steroid dienone is 1. The van der Waals surface area contributed by atoms with Gasteiger partial charge in [-0.2, -0.15) is 0 Å². The smallest absolute Gasteiger partial charge is 0.537 e. The molecule has 0 saturated carbocycles. The van der Waals surface area contributed by atoms with Gasteiger partial charge in [-0.15, -0.1) is 0 Å². The summed E-state index contributed by atoms with van der Waals surface area (Å²) in [5.41, 5.74) is 9.22. The summed E-state index contributed by atoms with van der Waals surface area (Å²) in [6.45, 7) is 14.7. The number of pyridine rings is 4. The van der Waals surface area contributed by atoms with Crippen molar-refractivity contribution < 1.29 is 93.0 Å². The Morgan fingerprint density at radius 1 is 0.520 bits per heavy atom. The van der Waals surface area contributed by atoms with Crippen LogP contribution in [0.3, 0.4) is 0 Å². The quantitative estimate of drug-likeness (QED) is 0.00690. The van der Waals surface area contributed by atoms with Crippen molar-refractivity contribution in [2.45, 2.75) is 99.2 Å². The van der Waals surface area contributed by atoms with E-state index in [2.05, 4.69) is 91.7 Å². The molecule has 4 aromatic heterocycles. The number of rotatable bonds is 34. The molecule has 22 nitrogen and oxygen atoms in total. The van der Waals surface area contributed by atoms with E-state index in [1.54, 1.807) is 13.0 Å². The molecule has 10 aromatic rings. The standard InChI is InChI=1S/C40H39B2N4O4.C33H38N2O12S3/c1-3-31-5-13-43(14-6-31)27-33-21-34(24-39(23-33)42(48)49)28-45-17-9-37(10-18-45)38-11-19-46(20-12-38)30-36-22-35(25-40(26-36)50-41-47)29-44-15-7-32(4-2)8-16-44;1-20(2)25(36)8-4-3-5-17-48(42,43)27-18-26(37)21-11-12-23-28(49(44,45)34-15-6-9-30(38)39)19-29(24-14-13-22(27)32(21)33(23)24)50(46,47)35-16-7-10-31(40)41/h3-26,47-49H,1-2,27-30H2;11-14,18-19,34-35,37H,1,3-10,15-17H2,2H3,(H,38,39)(H,40,41)/q+4;. The van der Waals surface area contributed by atoms with E-state index in [0.717, 1.165) is 56.6 Å². The first-order valence-electron chi connectivity index (χ1n) is 32.0. The number of carbonyl (C=O) groups is 3. The number of sulfonamides is 2. The number of carboxylic acids is 2. The van der Waals surface area contributed by atoms with E-state index in [1.807, 2.05) is 96.4 Å². The molecule has 0 aliphatic heterocycles. The normalized spacial score (nSPS) is 11.7. The van der Waals surface area contributed by atoms with Crippen LogP contribution in [0.1, 0.15) is 91.7 Å². The van der Waals surface area contributed by atoms with Gasteiger partial charge in [0, 0.05) is 135 Å². The van der Waals surface area contributed by atoms with E-state index < -0.39 is 64.5 Å². The Kier molecular flexibility index (Phi) is 24.8. The Bertz CT molecular complexity index is 4960. The fourth-order valence-electron chi connectivity index (χ4n) is 11.6. The summed E-state index contributed by atoms with van der Waals surface area (Å²) in [6, 6.07) is 35.7. The first-order valence-corrected chi connectivity index (χ1v) is 36.6. The zero-order valence-electron chi connectivity index (χ0n) is 55.0. The van der Waals surface area contributed by atoms with E-state index in [9.17, 15) is 59.8 Å². The summed E-state index contributed by atoms with van der Waals surface area (Å²) in [6.07, 6.45) is 20.4. The van der Waals surface area contributed by atoms with Gasteiger partial charge in [-0.25, -0.2) is 53.0 Å². The molecule has 0 bridgehead atoms. The van der Waals surface area contributed by atoms with Crippen LogP contribution in [-0.2, 0) is 70.4 Å². The van der Waals surface area contributed by atoms with Crippen molar-refractivity contribution in [3.05, 3.63) is 230 Å². The van der Waals surface area contributed by atoms with Crippen LogP contribution in [0.4, 0.5) is 0 Å². The summed E-state index contributed by atoms with van der Waals surface area (Å²) in [7, 11) is -13.9. The number of Topliss-reactive ketones (excluding diaryl/α,β-unsaturated/α-hetero) is 1. The van der Waals surface area contributed by atoms with Crippen molar-refractivity contribution in [2.75, 3.05) is 18.8 Å². The van der Waals surface area contributed by atoms with E-state index in [4.69, 9.17) is 14.9 Å². The van der Waals surface area contributed by atoms with Crippen LogP contribution in [0.2, 0.25) is 0 Å². The number of sulfone groups is 1. The second-order valence-electron chi connectivity index (χ2n) is 24.2. The number of benzene rings is 6. The first kappa shape index (κ1) is 74.4. The summed E-state index contributed by atoms with van der Waals surface area (Å²) in [5, 5.41) is 58.6. The number of carbonyl (C=O) groups excluding carboxylic acids is 1. The van der Waals surface area contributed by atoms with Crippen molar-refractivity contribution >= 4 is 112 Å². The Balaban J connectivity index is 0.000000233. The minimum absolute atomic E-state index is 0.0183. The molecular weight excluding hydrogens is 1330 g/mol. The van der Waals surface area contributed by atoms with Gasteiger partial charge in [0.05, 0.1) is 20.4 Å². The molecule has 10 rings (SSSR count). The topological polar surface area (TPSA) is 324 Å². The second-order valence-corrected chi connectivity index (χ2v) is 29.7. The monoisotopic (exact) mass is 1410 g/mol. The third-order valence-corrected chi connectivity index (χ3v) is 21.5. The van der Waals surface area contributed by atoms with Gasteiger partial charge >= 0.3 is 26.7 Å². The minimum Gasteiger partial charge on any atom is -0.537 e. The SMILES string of the molecule is C=C(C)C(=O)CCCCCS(=O)(=O)c1cc(O)c2ccc3c(S(=O)(=O)NCCCC(=O)O)cc(S(=O)(=O)NCCCC(=O)O)c4ccc1c2c34.C=Cc1cc[n+](Cc2cc(C[n+]3ccc(-c4cc[n+](Cc5cc(C[n+]6ccc(C=C)cc6)cc(B(O)O)c5)cc4)cc3)cc(O[B]O)c2)cc1. The zero-order chi connectivity index (χ0) is 71.9. The number of phenolic OH excluding ortho intramolecular Hbond substituents is 1. The first-order chi connectivity index (χ1) is 47.7. The third kappa shape index (κ3) is 19.3. The number of aromatic nitrogens is 4. The predicted molar refractivity (Wildman–Crippen MR) is 380 cm³/mol. The Morgan fingerprint density at radius 2 is 0.920 bits per heavy atom. The third-order valence-electron chi connectivity index (χ3n) is 16.7. The van der Waals surface area contributed by atoms with Gasteiger partial charge in [-0.3, -0.25) is 14.4 Å². The highest BCUT2D eigenvalue weighted by Gasteiger charge is 2.30. The van der Waals surface area contributed by atoms with Gasteiger partial charge in [0.15, 0.2) is 91.4 Å². The van der Waals surface area contributed by atoms with Gasteiger partial charge in [0.1, 0.15) is 11.5 Å². The highest BCUT2D eigenvalue weighted by atomic mass is 32.2. The van der Waals surface area contributed by atoms with Crippen LogP contribution >= 0.6 is 0 Å². The molecule has 515 valence electrons. The molecule has 27 heteroatoms. The summed E-state index contributed by atoms with van der Waals surface area (Å²) in [4.78, 5) is 32.6. The fourth-order valence-corrected chi connectivity index (χ4v) is 15.9.